The maximum Gasteiger partial charge on any atom is 0.264 e. The highest BCUT2D eigenvalue weighted by molar-refractivity contribution is 7.92. The number of hydrogen-bond donors (Lipinski definition) is 1. The number of nitrogens with one attached hydrogen (secondary N) is 1. The average Bonchev–Trinajstić information content (AvgIpc) is 3.24. The number of benzene rings is 2. The van der Waals surface area contributed by atoms with Crippen LogP contribution in [0.2, 0.25) is 0 Å². The van der Waals surface area contributed by atoms with E-state index in [0.29, 0.717) is 17.8 Å². The van der Waals surface area contributed by atoms with E-state index in [2.05, 4.69) is 10.3 Å². The van der Waals surface area contributed by atoms with Gasteiger partial charge in [-0.25, -0.2) is 13.4 Å². The zero-order valence-electron chi connectivity index (χ0n) is 16.4. The molecule has 8 heteroatoms. The third kappa shape index (κ3) is 5.03. The van der Waals surface area contributed by atoms with Gasteiger partial charge in [0.15, 0.2) is 0 Å². The van der Waals surface area contributed by atoms with Crippen LogP contribution in [0.3, 0.4) is 0 Å². The molecule has 29 heavy (non-hydrogen) atoms. The molecule has 152 valence electrons. The number of rotatable bonds is 8. The molecule has 0 atom stereocenters. The highest BCUT2D eigenvalue weighted by Gasteiger charge is 2.21. The Morgan fingerprint density at radius 2 is 1.79 bits per heavy atom. The molecule has 0 fully saturated rings. The smallest absolute Gasteiger partial charge is 0.264 e. The lowest BCUT2D eigenvalue weighted by atomic mass is 10.2. The van der Waals surface area contributed by atoms with Gasteiger partial charge in [-0.2, -0.15) is 0 Å². The molecular formula is C21H24N4O3S. The van der Waals surface area contributed by atoms with Crippen LogP contribution in [0.1, 0.15) is 22.3 Å². The van der Waals surface area contributed by atoms with Gasteiger partial charge in [0.25, 0.3) is 15.9 Å². The SMILES string of the molecule is Cc1ccc(S(=O)(=O)N(C)c2ccc(C(=O)NCCCn3ccnc3)cc2)cc1. The summed E-state index contributed by atoms with van der Waals surface area (Å²) in [4.78, 5) is 16.5. The number of amides is 1. The highest BCUT2D eigenvalue weighted by atomic mass is 32.2. The average molecular weight is 413 g/mol. The lowest BCUT2D eigenvalue weighted by Crippen LogP contribution is -2.27. The van der Waals surface area contributed by atoms with Crippen LogP contribution in [-0.4, -0.2) is 37.5 Å². The van der Waals surface area contributed by atoms with Crippen molar-refractivity contribution >= 4 is 21.6 Å². The maximum atomic E-state index is 12.8. The summed E-state index contributed by atoms with van der Waals surface area (Å²) in [7, 11) is -2.16. The minimum atomic E-state index is -3.66. The molecule has 1 aromatic heterocycles. The number of carbonyl (C=O) groups is 1. The van der Waals surface area contributed by atoms with Crippen molar-refractivity contribution in [2.45, 2.75) is 24.8 Å². The Balaban J connectivity index is 1.59. The number of carbonyl (C=O) groups excluding carboxylic acids is 1. The zero-order chi connectivity index (χ0) is 20.9. The Labute approximate surface area is 171 Å². The molecule has 0 saturated heterocycles. The largest absolute Gasteiger partial charge is 0.352 e. The molecular weight excluding hydrogens is 388 g/mol. The van der Waals surface area contributed by atoms with Crippen LogP contribution in [0.15, 0.2) is 72.1 Å². The molecule has 0 spiro atoms. The molecule has 1 N–H and O–H groups in total. The van der Waals surface area contributed by atoms with E-state index in [9.17, 15) is 13.2 Å². The highest BCUT2D eigenvalue weighted by Crippen LogP contribution is 2.22. The predicted octanol–water partition coefficient (Wildman–Crippen LogP) is 2.84. The number of imidazole rings is 1. The molecule has 3 aromatic rings. The summed E-state index contributed by atoms with van der Waals surface area (Å²) in [5, 5.41) is 2.87. The first kappa shape index (κ1) is 20.6. The number of sulfonamides is 1. The fourth-order valence-electron chi connectivity index (χ4n) is 2.81. The van der Waals surface area contributed by atoms with Gasteiger partial charge in [0.05, 0.1) is 16.9 Å². The molecule has 0 unspecified atom stereocenters. The van der Waals surface area contributed by atoms with Crippen molar-refractivity contribution in [2.24, 2.45) is 0 Å². The van der Waals surface area contributed by atoms with Gasteiger partial charge in [0, 0.05) is 38.1 Å². The predicted molar refractivity (Wildman–Crippen MR) is 112 cm³/mol. The van der Waals surface area contributed by atoms with E-state index in [1.807, 2.05) is 17.7 Å². The molecule has 0 radical (unpaired) electrons. The van der Waals surface area contributed by atoms with E-state index in [1.165, 1.54) is 11.4 Å². The van der Waals surface area contributed by atoms with E-state index in [1.54, 1.807) is 61.1 Å². The molecule has 0 saturated carbocycles. The minimum Gasteiger partial charge on any atom is -0.352 e. The standard InChI is InChI=1S/C21H24N4O3S/c1-17-4-10-20(11-5-17)29(27,28)24(2)19-8-6-18(7-9-19)21(26)23-12-3-14-25-15-13-22-16-25/h4-11,13,15-16H,3,12,14H2,1-2H3,(H,23,26). The van der Waals surface area contributed by atoms with E-state index in [4.69, 9.17) is 0 Å². The van der Waals surface area contributed by atoms with Gasteiger partial charge in [-0.15, -0.1) is 0 Å². The van der Waals surface area contributed by atoms with E-state index in [-0.39, 0.29) is 10.8 Å². The summed E-state index contributed by atoms with van der Waals surface area (Å²) in [6, 6.07) is 13.2. The van der Waals surface area contributed by atoms with Crippen LogP contribution in [0.4, 0.5) is 5.69 Å². The molecule has 0 bridgehead atoms. The summed E-state index contributed by atoms with van der Waals surface area (Å²) in [5.74, 6) is -0.189. The molecule has 2 aromatic carbocycles. The summed E-state index contributed by atoms with van der Waals surface area (Å²) in [6.45, 7) is 3.23. The molecule has 0 aliphatic heterocycles. The second-order valence-electron chi connectivity index (χ2n) is 6.74. The van der Waals surface area contributed by atoms with Gasteiger partial charge in [-0.05, 0) is 49.7 Å². The van der Waals surface area contributed by atoms with E-state index in [0.717, 1.165) is 18.5 Å². The molecule has 0 aliphatic carbocycles. The maximum absolute atomic E-state index is 12.8. The Bertz CT molecular complexity index is 1040. The number of aryl methyl sites for hydroxylation is 2. The Morgan fingerprint density at radius 1 is 1.10 bits per heavy atom. The number of aromatic nitrogens is 2. The lowest BCUT2D eigenvalue weighted by Gasteiger charge is -2.20. The Kier molecular flexibility index (Phi) is 6.33. The van der Waals surface area contributed by atoms with Crippen molar-refractivity contribution in [2.75, 3.05) is 17.9 Å². The molecule has 7 nitrogen and oxygen atoms in total. The minimum absolute atomic E-state index is 0.189. The third-order valence-corrected chi connectivity index (χ3v) is 6.41. The van der Waals surface area contributed by atoms with Gasteiger partial charge >= 0.3 is 0 Å². The van der Waals surface area contributed by atoms with E-state index < -0.39 is 10.0 Å². The molecule has 0 aliphatic rings. The first-order valence-corrected chi connectivity index (χ1v) is 10.7. The normalized spacial score (nSPS) is 11.2. The molecule has 1 amide bonds. The van der Waals surface area contributed by atoms with Crippen LogP contribution >= 0.6 is 0 Å². The van der Waals surface area contributed by atoms with Gasteiger partial charge in [0.2, 0.25) is 0 Å². The van der Waals surface area contributed by atoms with Gasteiger partial charge < -0.3 is 9.88 Å². The van der Waals surface area contributed by atoms with Crippen molar-refractivity contribution in [3.05, 3.63) is 78.4 Å². The van der Waals surface area contributed by atoms with Gasteiger partial charge in [0.1, 0.15) is 0 Å². The second-order valence-corrected chi connectivity index (χ2v) is 8.71. The van der Waals surface area contributed by atoms with E-state index >= 15 is 0 Å². The van der Waals surface area contributed by atoms with Crippen molar-refractivity contribution in [3.63, 3.8) is 0 Å². The first-order chi connectivity index (χ1) is 13.9. The van der Waals surface area contributed by atoms with Crippen LogP contribution in [0.5, 0.6) is 0 Å². The first-order valence-electron chi connectivity index (χ1n) is 9.27. The van der Waals surface area contributed by atoms with Crippen LogP contribution < -0.4 is 9.62 Å². The van der Waals surface area contributed by atoms with Crippen molar-refractivity contribution in [1.29, 1.82) is 0 Å². The van der Waals surface area contributed by atoms with Crippen LogP contribution in [0, 0.1) is 6.92 Å². The van der Waals surface area contributed by atoms with Gasteiger partial charge in [-0.1, -0.05) is 17.7 Å². The quantitative estimate of drug-likeness (QED) is 0.577. The van der Waals surface area contributed by atoms with Crippen molar-refractivity contribution < 1.29 is 13.2 Å². The number of anilines is 1. The third-order valence-electron chi connectivity index (χ3n) is 4.61. The lowest BCUT2D eigenvalue weighted by molar-refractivity contribution is 0.0952. The summed E-state index contributed by atoms with van der Waals surface area (Å²) < 4.78 is 28.7. The summed E-state index contributed by atoms with van der Waals surface area (Å²) in [5.41, 5.74) is 1.96. The Hall–Kier alpha value is -3.13. The topological polar surface area (TPSA) is 84.3 Å². The fraction of sp³-hybridized carbons (Fsp3) is 0.238. The number of nitrogens with zero attached hydrogens (tertiary/aromatic N) is 3. The molecule has 3 rings (SSSR count). The summed E-state index contributed by atoms with van der Waals surface area (Å²) >= 11 is 0. The second kappa shape index (κ2) is 8.91. The van der Waals surface area contributed by atoms with Crippen LogP contribution in [-0.2, 0) is 16.6 Å². The van der Waals surface area contributed by atoms with Gasteiger partial charge in [-0.3, -0.25) is 9.10 Å². The van der Waals surface area contributed by atoms with Crippen molar-refractivity contribution in [1.82, 2.24) is 14.9 Å². The fourth-order valence-corrected chi connectivity index (χ4v) is 4.01. The van der Waals surface area contributed by atoms with Crippen molar-refractivity contribution in [3.8, 4) is 0 Å². The zero-order valence-corrected chi connectivity index (χ0v) is 17.3. The number of hydrogen-bond acceptors (Lipinski definition) is 4. The Morgan fingerprint density at radius 3 is 2.41 bits per heavy atom. The van der Waals surface area contributed by atoms with Crippen LogP contribution in [0.25, 0.3) is 0 Å². The summed E-state index contributed by atoms with van der Waals surface area (Å²) in [6.07, 6.45) is 6.12. The molecule has 1 heterocycles. The monoisotopic (exact) mass is 412 g/mol.